The van der Waals surface area contributed by atoms with Gasteiger partial charge in [0.25, 0.3) is 0 Å². The molecule has 2 atom stereocenters. The zero-order valence-electron chi connectivity index (χ0n) is 11.6. The van der Waals surface area contributed by atoms with Crippen molar-refractivity contribution in [3.63, 3.8) is 0 Å². The van der Waals surface area contributed by atoms with Crippen LogP contribution < -0.4 is 5.32 Å². The van der Waals surface area contributed by atoms with E-state index in [1.54, 1.807) is 0 Å². The van der Waals surface area contributed by atoms with Crippen LogP contribution in [0.3, 0.4) is 0 Å². The molecule has 0 fully saturated rings. The highest BCUT2D eigenvalue weighted by molar-refractivity contribution is 9.10. The van der Waals surface area contributed by atoms with Gasteiger partial charge in [0.2, 0.25) is 0 Å². The van der Waals surface area contributed by atoms with Gasteiger partial charge in [-0.2, -0.15) is 0 Å². The van der Waals surface area contributed by atoms with Gasteiger partial charge < -0.3 is 5.32 Å². The Bertz CT molecular complexity index is 535. The first-order chi connectivity index (χ1) is 9.04. The third kappa shape index (κ3) is 4.44. The Morgan fingerprint density at radius 1 is 1.21 bits per heavy atom. The number of rotatable bonds is 5. The predicted octanol–water partition coefficient (Wildman–Crippen LogP) is 5.10. The molecule has 0 bridgehead atoms. The first kappa shape index (κ1) is 14.8. The van der Waals surface area contributed by atoms with E-state index in [2.05, 4.69) is 78.4 Å². The smallest absolute Gasteiger partial charge is 0.0294 e. The minimum Gasteiger partial charge on any atom is -0.307 e. The monoisotopic (exact) mass is 337 g/mol. The molecule has 19 heavy (non-hydrogen) atoms. The standard InChI is InChI=1S/C16H20BrNS/c1-11(9-16-8-7-12(2)19-16)18-13(3)14-5-4-6-15(17)10-14/h4-8,10-11,13,18H,9H2,1-3H3. The number of hydrogen-bond donors (Lipinski definition) is 1. The lowest BCUT2D eigenvalue weighted by atomic mass is 10.1. The summed E-state index contributed by atoms with van der Waals surface area (Å²) in [5.41, 5.74) is 1.32. The van der Waals surface area contributed by atoms with E-state index in [9.17, 15) is 0 Å². The van der Waals surface area contributed by atoms with Crippen LogP contribution in [0, 0.1) is 6.92 Å². The molecule has 0 saturated carbocycles. The summed E-state index contributed by atoms with van der Waals surface area (Å²) in [4.78, 5) is 2.85. The molecule has 2 aromatic rings. The van der Waals surface area contributed by atoms with Crippen LogP contribution >= 0.6 is 27.3 Å². The Balaban J connectivity index is 1.93. The van der Waals surface area contributed by atoms with E-state index in [1.807, 2.05) is 11.3 Å². The lowest BCUT2D eigenvalue weighted by Gasteiger charge is -2.20. The van der Waals surface area contributed by atoms with Crippen LogP contribution in [0.25, 0.3) is 0 Å². The van der Waals surface area contributed by atoms with Crippen molar-refractivity contribution < 1.29 is 0 Å². The fourth-order valence-corrected chi connectivity index (χ4v) is 3.69. The molecule has 1 aromatic heterocycles. The van der Waals surface area contributed by atoms with Gasteiger partial charge in [-0.05, 0) is 57.0 Å². The SMILES string of the molecule is Cc1ccc(CC(C)NC(C)c2cccc(Br)c2)s1. The van der Waals surface area contributed by atoms with Crippen LogP contribution in [-0.4, -0.2) is 6.04 Å². The molecule has 0 aliphatic heterocycles. The Hall–Kier alpha value is -0.640. The van der Waals surface area contributed by atoms with Crippen molar-refractivity contribution in [3.8, 4) is 0 Å². The Morgan fingerprint density at radius 3 is 2.63 bits per heavy atom. The molecule has 1 heterocycles. The van der Waals surface area contributed by atoms with Crippen LogP contribution in [-0.2, 0) is 6.42 Å². The van der Waals surface area contributed by atoms with Gasteiger partial charge >= 0.3 is 0 Å². The van der Waals surface area contributed by atoms with E-state index in [4.69, 9.17) is 0 Å². The van der Waals surface area contributed by atoms with Crippen LogP contribution in [0.4, 0.5) is 0 Å². The minimum atomic E-state index is 0.369. The predicted molar refractivity (Wildman–Crippen MR) is 87.9 cm³/mol. The maximum atomic E-state index is 3.67. The Labute approximate surface area is 128 Å². The molecule has 0 aliphatic rings. The lowest BCUT2D eigenvalue weighted by Crippen LogP contribution is -2.30. The highest BCUT2D eigenvalue weighted by Gasteiger charge is 2.11. The zero-order chi connectivity index (χ0) is 13.8. The highest BCUT2D eigenvalue weighted by Crippen LogP contribution is 2.20. The first-order valence-corrected chi connectivity index (χ1v) is 8.22. The van der Waals surface area contributed by atoms with Crippen molar-refractivity contribution in [2.45, 2.75) is 39.3 Å². The molecule has 1 N–H and O–H groups in total. The van der Waals surface area contributed by atoms with Crippen LogP contribution in [0.15, 0.2) is 40.9 Å². The first-order valence-electron chi connectivity index (χ1n) is 6.61. The Kier molecular flexibility index (Phi) is 5.20. The van der Waals surface area contributed by atoms with Gasteiger partial charge in [0.1, 0.15) is 0 Å². The van der Waals surface area contributed by atoms with Gasteiger partial charge in [-0.3, -0.25) is 0 Å². The largest absolute Gasteiger partial charge is 0.307 e. The van der Waals surface area contributed by atoms with Crippen molar-refractivity contribution in [1.29, 1.82) is 0 Å². The zero-order valence-corrected chi connectivity index (χ0v) is 14.0. The number of halogens is 1. The van der Waals surface area contributed by atoms with Gasteiger partial charge in [0, 0.05) is 26.3 Å². The van der Waals surface area contributed by atoms with E-state index in [0.717, 1.165) is 10.9 Å². The molecule has 0 radical (unpaired) electrons. The maximum absolute atomic E-state index is 3.67. The van der Waals surface area contributed by atoms with Gasteiger partial charge in [-0.25, -0.2) is 0 Å². The average molecular weight is 338 g/mol. The molecule has 0 saturated heterocycles. The number of nitrogens with one attached hydrogen (secondary N) is 1. The van der Waals surface area contributed by atoms with Gasteiger partial charge in [0.15, 0.2) is 0 Å². The molecule has 0 spiro atoms. The van der Waals surface area contributed by atoms with Gasteiger partial charge in [0.05, 0.1) is 0 Å². The molecule has 3 heteroatoms. The molecule has 1 aromatic carbocycles. The molecular formula is C16H20BrNS. The van der Waals surface area contributed by atoms with Crippen molar-refractivity contribution >= 4 is 27.3 Å². The van der Waals surface area contributed by atoms with Crippen molar-refractivity contribution in [2.75, 3.05) is 0 Å². The summed E-state index contributed by atoms with van der Waals surface area (Å²) in [5.74, 6) is 0. The van der Waals surface area contributed by atoms with Gasteiger partial charge in [-0.1, -0.05) is 28.1 Å². The van der Waals surface area contributed by atoms with Crippen LogP contribution in [0.5, 0.6) is 0 Å². The second kappa shape index (κ2) is 6.69. The molecule has 2 unspecified atom stereocenters. The van der Waals surface area contributed by atoms with E-state index >= 15 is 0 Å². The van der Waals surface area contributed by atoms with Crippen molar-refractivity contribution in [3.05, 3.63) is 56.2 Å². The van der Waals surface area contributed by atoms with E-state index < -0.39 is 0 Å². The summed E-state index contributed by atoms with van der Waals surface area (Å²) in [7, 11) is 0. The molecule has 2 rings (SSSR count). The summed E-state index contributed by atoms with van der Waals surface area (Å²) in [6.45, 7) is 6.64. The molecule has 102 valence electrons. The molecule has 0 aliphatic carbocycles. The number of benzene rings is 1. The second-order valence-corrected chi connectivity index (χ2v) is 7.35. The van der Waals surface area contributed by atoms with E-state index in [0.29, 0.717) is 12.1 Å². The molecular weight excluding hydrogens is 318 g/mol. The fourth-order valence-electron chi connectivity index (χ4n) is 2.25. The second-order valence-electron chi connectivity index (χ2n) is 5.06. The Morgan fingerprint density at radius 2 is 2.00 bits per heavy atom. The third-order valence-electron chi connectivity index (χ3n) is 3.19. The molecule has 1 nitrogen and oxygen atoms in total. The van der Waals surface area contributed by atoms with E-state index in [-0.39, 0.29) is 0 Å². The fraction of sp³-hybridized carbons (Fsp3) is 0.375. The lowest BCUT2D eigenvalue weighted by molar-refractivity contribution is 0.479. The van der Waals surface area contributed by atoms with Crippen LogP contribution in [0.1, 0.15) is 35.2 Å². The number of hydrogen-bond acceptors (Lipinski definition) is 2. The number of aryl methyl sites for hydroxylation is 1. The summed E-state index contributed by atoms with van der Waals surface area (Å²) in [5, 5.41) is 3.67. The maximum Gasteiger partial charge on any atom is 0.0294 e. The minimum absolute atomic E-state index is 0.369. The topological polar surface area (TPSA) is 12.0 Å². The van der Waals surface area contributed by atoms with Crippen molar-refractivity contribution in [2.24, 2.45) is 0 Å². The van der Waals surface area contributed by atoms with Crippen LogP contribution in [0.2, 0.25) is 0 Å². The quantitative estimate of drug-likeness (QED) is 0.800. The third-order valence-corrected chi connectivity index (χ3v) is 4.70. The summed E-state index contributed by atoms with van der Waals surface area (Å²) in [6, 6.07) is 13.8. The summed E-state index contributed by atoms with van der Waals surface area (Å²) in [6.07, 6.45) is 1.09. The molecule has 0 amide bonds. The summed E-state index contributed by atoms with van der Waals surface area (Å²) < 4.78 is 1.14. The van der Waals surface area contributed by atoms with Crippen molar-refractivity contribution in [1.82, 2.24) is 5.32 Å². The van der Waals surface area contributed by atoms with E-state index in [1.165, 1.54) is 15.3 Å². The number of thiophene rings is 1. The van der Waals surface area contributed by atoms with Gasteiger partial charge in [-0.15, -0.1) is 11.3 Å². The normalized spacial score (nSPS) is 14.3. The summed E-state index contributed by atoms with van der Waals surface area (Å²) >= 11 is 5.42. The highest BCUT2D eigenvalue weighted by atomic mass is 79.9. The average Bonchev–Trinajstić information content (AvgIpc) is 2.74.